The second kappa shape index (κ2) is 5.24. The minimum Gasteiger partial charge on any atom is -0.378 e. The number of rotatable bonds is 2. The first-order chi connectivity index (χ1) is 10.3. The molecule has 3 nitrogen and oxygen atoms in total. The number of nitrogens with one attached hydrogen (secondary N) is 2. The van der Waals surface area contributed by atoms with Crippen LogP contribution in [0.5, 0.6) is 0 Å². The van der Waals surface area contributed by atoms with Gasteiger partial charge in [0.05, 0.1) is 17.3 Å². The van der Waals surface area contributed by atoms with Crippen molar-refractivity contribution in [2.75, 3.05) is 13.1 Å². The number of nitrogens with zero attached hydrogens (tertiary/aromatic N) is 1. The molecule has 1 aromatic heterocycles. The number of aromatic nitrogens is 1. The molecule has 3 heterocycles. The molecule has 2 aromatic rings. The molecule has 1 fully saturated rings. The first-order valence-corrected chi connectivity index (χ1v) is 7.80. The van der Waals surface area contributed by atoms with Crippen LogP contribution < -0.4 is 10.6 Å². The Labute approximate surface area is 129 Å². The van der Waals surface area contributed by atoms with Gasteiger partial charge in [-0.2, -0.15) is 0 Å². The van der Waals surface area contributed by atoms with Crippen LogP contribution >= 0.6 is 11.6 Å². The maximum atomic E-state index is 6.05. The van der Waals surface area contributed by atoms with Gasteiger partial charge in [0.15, 0.2) is 0 Å². The first kappa shape index (κ1) is 13.0. The Bertz CT molecular complexity index is 679. The van der Waals surface area contributed by atoms with Crippen LogP contribution in [0.3, 0.4) is 0 Å². The molecule has 0 spiro atoms. The molecule has 1 atom stereocenters. The van der Waals surface area contributed by atoms with E-state index in [1.807, 2.05) is 12.3 Å². The summed E-state index contributed by atoms with van der Waals surface area (Å²) >= 11 is 6.05. The predicted octanol–water partition coefficient (Wildman–Crippen LogP) is 3.28. The largest absolute Gasteiger partial charge is 0.378 e. The van der Waals surface area contributed by atoms with Crippen molar-refractivity contribution in [2.45, 2.75) is 18.9 Å². The normalized spacial score (nSPS) is 20.8. The molecule has 1 aromatic carbocycles. The zero-order valence-corrected chi connectivity index (χ0v) is 12.5. The van der Waals surface area contributed by atoms with Crippen molar-refractivity contribution < 1.29 is 0 Å². The van der Waals surface area contributed by atoms with Gasteiger partial charge in [0.2, 0.25) is 0 Å². The van der Waals surface area contributed by atoms with Gasteiger partial charge in [-0.3, -0.25) is 0 Å². The molecular weight excluding hydrogens is 282 g/mol. The van der Waals surface area contributed by atoms with E-state index in [0.29, 0.717) is 5.92 Å². The van der Waals surface area contributed by atoms with Crippen molar-refractivity contribution in [3.8, 4) is 0 Å². The molecule has 1 unspecified atom stereocenters. The smallest absolute Gasteiger partial charge is 0.0590 e. The van der Waals surface area contributed by atoms with Crippen LogP contribution in [0.4, 0.5) is 0 Å². The number of hydrogen-bond acceptors (Lipinski definition) is 2. The summed E-state index contributed by atoms with van der Waals surface area (Å²) in [7, 11) is 0. The van der Waals surface area contributed by atoms with Crippen LogP contribution in [0.1, 0.15) is 29.2 Å². The summed E-state index contributed by atoms with van der Waals surface area (Å²) < 4.78 is 2.10. The van der Waals surface area contributed by atoms with Crippen LogP contribution in [0.2, 0.25) is 5.02 Å². The molecule has 2 aliphatic rings. The number of benzene rings is 1. The van der Waals surface area contributed by atoms with Crippen LogP contribution in [-0.4, -0.2) is 17.7 Å². The van der Waals surface area contributed by atoms with Gasteiger partial charge >= 0.3 is 0 Å². The van der Waals surface area contributed by atoms with Gasteiger partial charge in [-0.25, -0.2) is 0 Å². The molecule has 2 N–H and O–H groups in total. The van der Waals surface area contributed by atoms with Crippen LogP contribution in [0.25, 0.3) is 11.9 Å². The van der Waals surface area contributed by atoms with Gasteiger partial charge in [0.25, 0.3) is 0 Å². The van der Waals surface area contributed by atoms with E-state index in [-0.39, 0.29) is 0 Å². The van der Waals surface area contributed by atoms with Crippen LogP contribution in [0, 0.1) is 0 Å². The van der Waals surface area contributed by atoms with E-state index in [9.17, 15) is 0 Å². The quantitative estimate of drug-likeness (QED) is 0.891. The summed E-state index contributed by atoms with van der Waals surface area (Å²) in [6, 6.07) is 10.9. The standard InChI is InChI=1S/C17H18ClN3/c18-15-7-16-9-20-17(11-21(16)10-15)13-3-1-12(2-4-13)14-5-6-19-8-14/h1-4,7,10-11,14,19-20H,5-6,8-9H2. The van der Waals surface area contributed by atoms with Gasteiger partial charge in [-0.15, -0.1) is 0 Å². The van der Waals surface area contributed by atoms with E-state index < -0.39 is 0 Å². The number of hydrogen-bond donors (Lipinski definition) is 2. The lowest BCUT2D eigenvalue weighted by atomic mass is 9.97. The SMILES string of the molecule is Clc1cc2n(c1)C=C(c1ccc(C3CCNC3)cc1)NC2. The van der Waals surface area contributed by atoms with Crippen molar-refractivity contribution in [1.82, 2.24) is 15.2 Å². The Hall–Kier alpha value is -1.71. The first-order valence-electron chi connectivity index (χ1n) is 7.42. The number of halogens is 1. The Morgan fingerprint density at radius 2 is 2.05 bits per heavy atom. The highest BCUT2D eigenvalue weighted by Crippen LogP contribution is 2.26. The van der Waals surface area contributed by atoms with E-state index in [2.05, 4.69) is 45.7 Å². The maximum Gasteiger partial charge on any atom is 0.0590 e. The Morgan fingerprint density at radius 3 is 2.81 bits per heavy atom. The molecule has 0 radical (unpaired) electrons. The van der Waals surface area contributed by atoms with Gasteiger partial charge in [0, 0.05) is 24.6 Å². The molecule has 0 bridgehead atoms. The van der Waals surface area contributed by atoms with Crippen LogP contribution in [-0.2, 0) is 6.54 Å². The lowest BCUT2D eigenvalue weighted by Crippen LogP contribution is -2.19. The van der Waals surface area contributed by atoms with Gasteiger partial charge < -0.3 is 15.2 Å². The summed E-state index contributed by atoms with van der Waals surface area (Å²) in [4.78, 5) is 0. The average Bonchev–Trinajstić information content (AvgIpc) is 3.15. The molecular formula is C17H18ClN3. The van der Waals surface area contributed by atoms with Gasteiger partial charge in [0.1, 0.15) is 0 Å². The fourth-order valence-corrected chi connectivity index (χ4v) is 3.40. The molecule has 4 rings (SSSR count). The van der Waals surface area contributed by atoms with Crippen LogP contribution in [0.15, 0.2) is 36.5 Å². The lowest BCUT2D eigenvalue weighted by Gasteiger charge is -2.19. The maximum absolute atomic E-state index is 6.05. The van der Waals surface area contributed by atoms with E-state index >= 15 is 0 Å². The molecule has 1 saturated heterocycles. The van der Waals surface area contributed by atoms with Crippen molar-refractivity contribution in [1.29, 1.82) is 0 Å². The van der Waals surface area contributed by atoms with Crippen molar-refractivity contribution in [3.63, 3.8) is 0 Å². The van der Waals surface area contributed by atoms with E-state index in [4.69, 9.17) is 11.6 Å². The summed E-state index contributed by atoms with van der Waals surface area (Å²) in [6.07, 6.45) is 5.30. The zero-order valence-electron chi connectivity index (χ0n) is 11.8. The lowest BCUT2D eigenvalue weighted by molar-refractivity contribution is 0.763. The minimum atomic E-state index is 0.669. The number of fused-ring (bicyclic) bond motifs is 1. The minimum absolute atomic E-state index is 0.669. The monoisotopic (exact) mass is 299 g/mol. The topological polar surface area (TPSA) is 29.0 Å². The van der Waals surface area contributed by atoms with Gasteiger partial charge in [-0.1, -0.05) is 35.9 Å². The Morgan fingerprint density at radius 1 is 1.19 bits per heavy atom. The third-order valence-corrected chi connectivity index (χ3v) is 4.59. The molecule has 108 valence electrons. The highest BCUT2D eigenvalue weighted by molar-refractivity contribution is 6.30. The molecule has 0 aliphatic carbocycles. The summed E-state index contributed by atoms with van der Waals surface area (Å²) in [6.45, 7) is 3.05. The third-order valence-electron chi connectivity index (χ3n) is 4.38. The van der Waals surface area contributed by atoms with Crippen molar-refractivity contribution in [3.05, 3.63) is 58.4 Å². The van der Waals surface area contributed by atoms with E-state index in [1.54, 1.807) is 0 Å². The fraction of sp³-hybridized carbons (Fsp3) is 0.294. The van der Waals surface area contributed by atoms with E-state index in [1.165, 1.54) is 23.2 Å². The van der Waals surface area contributed by atoms with Crippen molar-refractivity contribution in [2.24, 2.45) is 0 Å². The van der Waals surface area contributed by atoms with E-state index in [0.717, 1.165) is 30.4 Å². The summed E-state index contributed by atoms with van der Waals surface area (Å²) in [5.41, 5.74) is 4.99. The highest BCUT2D eigenvalue weighted by atomic mass is 35.5. The average molecular weight is 300 g/mol. The molecule has 2 aliphatic heterocycles. The Kier molecular flexibility index (Phi) is 3.24. The molecule has 4 heteroatoms. The second-order valence-electron chi connectivity index (χ2n) is 5.76. The highest BCUT2D eigenvalue weighted by Gasteiger charge is 2.17. The van der Waals surface area contributed by atoms with Crippen molar-refractivity contribution >= 4 is 23.5 Å². The summed E-state index contributed by atoms with van der Waals surface area (Å²) in [5, 5.41) is 7.67. The summed E-state index contributed by atoms with van der Waals surface area (Å²) in [5.74, 6) is 0.669. The Balaban J connectivity index is 1.60. The second-order valence-corrected chi connectivity index (χ2v) is 6.20. The zero-order chi connectivity index (χ0) is 14.2. The third kappa shape index (κ3) is 2.47. The molecule has 0 amide bonds. The molecule has 0 saturated carbocycles. The molecule has 21 heavy (non-hydrogen) atoms. The predicted molar refractivity (Wildman–Crippen MR) is 87.1 cm³/mol. The fourth-order valence-electron chi connectivity index (χ4n) is 3.17. The van der Waals surface area contributed by atoms with Gasteiger partial charge in [-0.05, 0) is 36.1 Å².